The molecule has 2 rings (SSSR count). The van der Waals surface area contributed by atoms with Crippen molar-refractivity contribution in [3.63, 3.8) is 0 Å². The number of pyridine rings is 1. The number of fused-ring (bicyclic) bond motifs is 1. The molecule has 0 N–H and O–H groups in total. The van der Waals surface area contributed by atoms with E-state index in [0.29, 0.717) is 10.8 Å². The number of benzene rings is 1. The van der Waals surface area contributed by atoms with E-state index in [-0.39, 0.29) is 22.7 Å². The van der Waals surface area contributed by atoms with Crippen molar-refractivity contribution in [3.8, 4) is 0 Å². The molecule has 6 heteroatoms. The minimum atomic E-state index is -0.558. The quantitative estimate of drug-likeness (QED) is 0.633. The summed E-state index contributed by atoms with van der Waals surface area (Å²) >= 11 is 5.84. The second-order valence-corrected chi connectivity index (χ2v) is 4.04. The zero-order valence-electron chi connectivity index (χ0n) is 10.5. The van der Waals surface area contributed by atoms with Gasteiger partial charge >= 0.3 is 5.97 Å². The van der Waals surface area contributed by atoms with Crippen LogP contribution in [0.3, 0.4) is 0 Å². The molecule has 0 atom stereocenters. The van der Waals surface area contributed by atoms with E-state index in [1.54, 1.807) is 24.3 Å². The molecule has 0 spiro atoms. The third kappa shape index (κ3) is 2.06. The summed E-state index contributed by atoms with van der Waals surface area (Å²) < 4.78 is 5.77. The van der Waals surface area contributed by atoms with E-state index in [2.05, 4.69) is 0 Å². The van der Waals surface area contributed by atoms with Crippen molar-refractivity contribution >= 4 is 28.3 Å². The van der Waals surface area contributed by atoms with E-state index < -0.39 is 5.97 Å². The van der Waals surface area contributed by atoms with Gasteiger partial charge in [0, 0.05) is 5.39 Å². The van der Waals surface area contributed by atoms with Crippen molar-refractivity contribution in [2.75, 3.05) is 14.2 Å². The van der Waals surface area contributed by atoms with Crippen LogP contribution in [-0.4, -0.2) is 24.9 Å². The van der Waals surface area contributed by atoms with Crippen molar-refractivity contribution in [1.29, 1.82) is 0 Å². The Morgan fingerprint density at radius 1 is 1.26 bits per heavy atom. The topological polar surface area (TPSA) is 57.5 Å². The predicted octanol–water partition coefficient (Wildman–Crippen LogP) is 1.59. The largest absolute Gasteiger partial charge is 0.465 e. The molecule has 0 saturated carbocycles. The molecule has 0 fully saturated rings. The highest BCUT2D eigenvalue weighted by atomic mass is 35.5. The number of esters is 1. The van der Waals surface area contributed by atoms with E-state index in [9.17, 15) is 9.59 Å². The molecular formula is C13H12ClNO4. The first kappa shape index (κ1) is 13.4. The molecule has 19 heavy (non-hydrogen) atoms. The van der Waals surface area contributed by atoms with Crippen molar-refractivity contribution < 1.29 is 14.4 Å². The molecule has 0 bridgehead atoms. The van der Waals surface area contributed by atoms with E-state index in [1.807, 2.05) is 0 Å². The molecule has 0 aliphatic heterocycles. The number of ether oxygens (including phenoxy) is 1. The Balaban J connectivity index is 3.01. The maximum absolute atomic E-state index is 12.2. The third-order valence-electron chi connectivity index (χ3n) is 2.84. The number of carbonyl (C=O) groups excluding carboxylic acids is 1. The summed E-state index contributed by atoms with van der Waals surface area (Å²) in [6.07, 6.45) is 0. The fourth-order valence-electron chi connectivity index (χ4n) is 2.02. The monoisotopic (exact) mass is 281 g/mol. The summed E-state index contributed by atoms with van der Waals surface area (Å²) in [4.78, 5) is 29.2. The Kier molecular flexibility index (Phi) is 3.76. The van der Waals surface area contributed by atoms with E-state index in [1.165, 1.54) is 14.2 Å². The number of nitrogens with zero attached hydrogens (tertiary/aromatic N) is 1. The van der Waals surface area contributed by atoms with Crippen LogP contribution in [0.5, 0.6) is 0 Å². The van der Waals surface area contributed by atoms with Gasteiger partial charge in [0.2, 0.25) is 0 Å². The van der Waals surface area contributed by atoms with Gasteiger partial charge in [-0.25, -0.2) is 4.79 Å². The molecule has 0 aliphatic carbocycles. The summed E-state index contributed by atoms with van der Waals surface area (Å²) in [5.41, 5.74) is 0.163. The van der Waals surface area contributed by atoms with Crippen molar-refractivity contribution in [2.24, 2.45) is 0 Å². The Morgan fingerprint density at radius 2 is 1.89 bits per heavy atom. The highest BCUT2D eigenvalue weighted by molar-refractivity contribution is 6.18. The number of carbonyl (C=O) groups is 1. The number of aromatic nitrogens is 1. The lowest BCUT2D eigenvalue weighted by Crippen LogP contribution is -2.30. The molecule has 0 amide bonds. The smallest absolute Gasteiger partial charge is 0.340 e. The number of halogens is 1. The van der Waals surface area contributed by atoms with Crippen LogP contribution in [0.15, 0.2) is 29.1 Å². The molecule has 1 heterocycles. The lowest BCUT2D eigenvalue weighted by atomic mass is 10.0. The molecular weight excluding hydrogens is 270 g/mol. The fraction of sp³-hybridized carbons (Fsp3) is 0.231. The van der Waals surface area contributed by atoms with Crippen molar-refractivity contribution in [1.82, 2.24) is 4.73 Å². The van der Waals surface area contributed by atoms with E-state index in [4.69, 9.17) is 21.2 Å². The molecule has 1 aromatic heterocycles. The maximum Gasteiger partial charge on any atom is 0.340 e. The van der Waals surface area contributed by atoms with Crippen LogP contribution in [0.25, 0.3) is 10.8 Å². The van der Waals surface area contributed by atoms with Gasteiger partial charge in [-0.15, -0.1) is 16.3 Å². The normalized spacial score (nSPS) is 10.5. The molecule has 0 aliphatic rings. The Labute approximate surface area is 114 Å². The highest BCUT2D eigenvalue weighted by Crippen LogP contribution is 2.21. The zero-order valence-corrected chi connectivity index (χ0v) is 11.2. The fourth-order valence-corrected chi connectivity index (χ4v) is 2.26. The standard InChI is InChI=1S/C13H12ClNO4/c1-18-13(17)11-8-5-3-4-6-9(8)12(16)15(19-2)10(11)7-14/h3-6H,7H2,1-2H3. The van der Waals surface area contributed by atoms with Gasteiger partial charge in [0.25, 0.3) is 5.56 Å². The molecule has 0 unspecified atom stereocenters. The SMILES string of the molecule is COC(=O)c1c(CCl)n(OC)c(=O)c2ccccc12. The van der Waals surface area contributed by atoms with Crippen LogP contribution in [0.2, 0.25) is 0 Å². The Hall–Kier alpha value is -2.01. The van der Waals surface area contributed by atoms with E-state index >= 15 is 0 Å². The van der Waals surface area contributed by atoms with Gasteiger partial charge in [0.05, 0.1) is 29.6 Å². The second kappa shape index (κ2) is 5.32. The maximum atomic E-state index is 12.2. The predicted molar refractivity (Wildman–Crippen MR) is 71.6 cm³/mol. The van der Waals surface area contributed by atoms with E-state index in [0.717, 1.165) is 4.73 Å². The number of rotatable bonds is 3. The molecule has 0 saturated heterocycles. The highest BCUT2D eigenvalue weighted by Gasteiger charge is 2.22. The zero-order chi connectivity index (χ0) is 14.0. The van der Waals surface area contributed by atoms with Crippen LogP contribution in [0, 0.1) is 0 Å². The Bertz CT molecular complexity index is 693. The second-order valence-electron chi connectivity index (χ2n) is 3.77. The molecule has 1 aromatic carbocycles. The lowest BCUT2D eigenvalue weighted by molar-refractivity contribution is 0.0595. The summed E-state index contributed by atoms with van der Waals surface area (Å²) in [5.74, 6) is -0.601. The van der Waals surface area contributed by atoms with Gasteiger partial charge in [-0.05, 0) is 6.07 Å². The Morgan fingerprint density at radius 3 is 2.42 bits per heavy atom. The van der Waals surface area contributed by atoms with Gasteiger partial charge < -0.3 is 9.57 Å². The lowest BCUT2D eigenvalue weighted by Gasteiger charge is -2.15. The van der Waals surface area contributed by atoms with Crippen LogP contribution < -0.4 is 10.4 Å². The van der Waals surface area contributed by atoms with Gasteiger partial charge in [-0.1, -0.05) is 18.2 Å². The molecule has 2 aromatic rings. The number of methoxy groups -OCH3 is 1. The first-order valence-corrected chi connectivity index (χ1v) is 6.04. The molecule has 100 valence electrons. The van der Waals surface area contributed by atoms with Crippen LogP contribution >= 0.6 is 11.6 Å². The van der Waals surface area contributed by atoms with Gasteiger partial charge in [-0.3, -0.25) is 4.79 Å². The number of alkyl halides is 1. The number of hydrogen-bond donors (Lipinski definition) is 0. The van der Waals surface area contributed by atoms with Crippen molar-refractivity contribution in [3.05, 3.63) is 45.9 Å². The minimum Gasteiger partial charge on any atom is -0.465 e. The molecule has 5 nitrogen and oxygen atoms in total. The van der Waals surface area contributed by atoms with Crippen LogP contribution in [-0.2, 0) is 10.6 Å². The van der Waals surface area contributed by atoms with Crippen LogP contribution in [0.1, 0.15) is 16.1 Å². The van der Waals surface area contributed by atoms with Gasteiger partial charge in [0.1, 0.15) is 7.11 Å². The summed E-state index contributed by atoms with van der Waals surface area (Å²) in [5, 5.41) is 0.877. The number of hydrogen-bond acceptors (Lipinski definition) is 4. The summed E-state index contributed by atoms with van der Waals surface area (Å²) in [6, 6.07) is 6.76. The molecule has 0 radical (unpaired) electrons. The summed E-state index contributed by atoms with van der Waals surface area (Å²) in [6.45, 7) is 0. The van der Waals surface area contributed by atoms with Gasteiger partial charge in [0.15, 0.2) is 0 Å². The minimum absolute atomic E-state index is 0.0433. The first-order chi connectivity index (χ1) is 9.15. The van der Waals surface area contributed by atoms with Gasteiger partial charge in [-0.2, -0.15) is 0 Å². The average Bonchev–Trinajstić information content (AvgIpc) is 2.46. The van der Waals surface area contributed by atoms with Crippen LogP contribution in [0.4, 0.5) is 0 Å². The van der Waals surface area contributed by atoms with Crippen molar-refractivity contribution in [2.45, 2.75) is 5.88 Å². The third-order valence-corrected chi connectivity index (χ3v) is 3.10. The summed E-state index contributed by atoms with van der Waals surface area (Å²) in [7, 11) is 2.62. The first-order valence-electron chi connectivity index (χ1n) is 5.51. The average molecular weight is 282 g/mol.